The van der Waals surface area contributed by atoms with Crippen LogP contribution in [-0.2, 0) is 16.0 Å². The van der Waals surface area contributed by atoms with Gasteiger partial charge < -0.3 is 19.9 Å². The molecule has 0 fully saturated rings. The molecule has 6 nitrogen and oxygen atoms in total. The second-order valence-electron chi connectivity index (χ2n) is 5.85. The molecule has 1 amide bonds. The van der Waals surface area contributed by atoms with Crippen molar-refractivity contribution in [2.75, 3.05) is 13.7 Å². The topological polar surface area (TPSA) is 84.9 Å². The third-order valence-electron chi connectivity index (χ3n) is 3.31. The van der Waals surface area contributed by atoms with E-state index in [-0.39, 0.29) is 12.5 Å². The molecule has 0 aliphatic rings. The molecule has 0 aromatic heterocycles. The van der Waals surface area contributed by atoms with Gasteiger partial charge in [0.05, 0.1) is 7.11 Å². The van der Waals surface area contributed by atoms with E-state index in [4.69, 9.17) is 14.6 Å². The first-order valence-electron chi connectivity index (χ1n) is 7.80. The van der Waals surface area contributed by atoms with Crippen molar-refractivity contribution in [3.63, 3.8) is 0 Å². The number of carbonyl (C=O) groups is 2. The zero-order valence-corrected chi connectivity index (χ0v) is 14.4. The van der Waals surface area contributed by atoms with Crippen LogP contribution in [0.1, 0.15) is 25.8 Å². The number of hydrogen-bond acceptors (Lipinski definition) is 4. The van der Waals surface area contributed by atoms with Crippen LogP contribution in [0.5, 0.6) is 11.5 Å². The van der Waals surface area contributed by atoms with Gasteiger partial charge in [-0.15, -0.1) is 6.58 Å². The van der Waals surface area contributed by atoms with Crippen LogP contribution >= 0.6 is 0 Å². The van der Waals surface area contributed by atoms with Gasteiger partial charge in [0.25, 0.3) is 5.91 Å². The fraction of sp³-hybridized carbons (Fsp3) is 0.444. The number of ether oxygens (including phenoxy) is 2. The Morgan fingerprint density at radius 2 is 2.04 bits per heavy atom. The molecule has 0 unspecified atom stereocenters. The fourth-order valence-corrected chi connectivity index (χ4v) is 2.20. The van der Waals surface area contributed by atoms with Crippen molar-refractivity contribution in [2.45, 2.75) is 32.7 Å². The molecule has 1 rings (SSSR count). The van der Waals surface area contributed by atoms with Gasteiger partial charge in [-0.05, 0) is 36.5 Å². The van der Waals surface area contributed by atoms with Gasteiger partial charge >= 0.3 is 5.97 Å². The second kappa shape index (κ2) is 9.60. The monoisotopic (exact) mass is 335 g/mol. The minimum atomic E-state index is -1.05. The van der Waals surface area contributed by atoms with Crippen LogP contribution < -0.4 is 14.8 Å². The lowest BCUT2D eigenvalue weighted by Gasteiger charge is -2.17. The lowest BCUT2D eigenvalue weighted by molar-refractivity contribution is -0.142. The van der Waals surface area contributed by atoms with E-state index in [2.05, 4.69) is 11.9 Å². The quantitative estimate of drug-likeness (QED) is 0.642. The maximum absolute atomic E-state index is 11.9. The average molecular weight is 335 g/mol. The van der Waals surface area contributed by atoms with Gasteiger partial charge in [-0.25, -0.2) is 4.79 Å². The van der Waals surface area contributed by atoms with E-state index in [9.17, 15) is 9.59 Å². The van der Waals surface area contributed by atoms with Gasteiger partial charge in [-0.1, -0.05) is 26.0 Å². The van der Waals surface area contributed by atoms with E-state index in [0.29, 0.717) is 24.3 Å². The minimum absolute atomic E-state index is 0.157. The smallest absolute Gasteiger partial charge is 0.326 e. The molecular weight excluding hydrogens is 310 g/mol. The summed E-state index contributed by atoms with van der Waals surface area (Å²) in [6.45, 7) is 7.20. The second-order valence-corrected chi connectivity index (χ2v) is 5.85. The molecule has 2 N–H and O–H groups in total. The third-order valence-corrected chi connectivity index (χ3v) is 3.31. The summed E-state index contributed by atoms with van der Waals surface area (Å²) in [6.07, 6.45) is 2.84. The Morgan fingerprint density at radius 1 is 1.33 bits per heavy atom. The van der Waals surface area contributed by atoms with E-state index >= 15 is 0 Å². The highest BCUT2D eigenvalue weighted by atomic mass is 16.5. The average Bonchev–Trinajstić information content (AvgIpc) is 2.52. The number of carbonyl (C=O) groups excluding carboxylic acids is 1. The SMILES string of the molecule is C=CCc1ccc(OCC(=O)N[C@H](CC(C)C)C(=O)O)c(OC)c1. The van der Waals surface area contributed by atoms with E-state index < -0.39 is 17.9 Å². The number of amides is 1. The number of methoxy groups -OCH3 is 1. The number of hydrogen-bond donors (Lipinski definition) is 2. The Labute approximate surface area is 142 Å². The van der Waals surface area contributed by atoms with Crippen LogP contribution in [0.4, 0.5) is 0 Å². The Kier molecular flexibility index (Phi) is 7.82. The normalized spacial score (nSPS) is 11.7. The largest absolute Gasteiger partial charge is 0.493 e. The van der Waals surface area contributed by atoms with Gasteiger partial charge in [-0.3, -0.25) is 4.79 Å². The van der Waals surface area contributed by atoms with Crippen molar-refractivity contribution in [1.29, 1.82) is 0 Å². The maximum Gasteiger partial charge on any atom is 0.326 e. The standard InChI is InChI=1S/C18H25NO5/c1-5-6-13-7-8-15(16(10-13)23-4)24-11-17(20)19-14(18(21)22)9-12(2)3/h5,7-8,10,12,14H,1,6,9,11H2,2-4H3,(H,19,20)(H,21,22)/t14-/m1/s1. The summed E-state index contributed by atoms with van der Waals surface area (Å²) < 4.78 is 10.7. The van der Waals surface area contributed by atoms with Crippen molar-refractivity contribution in [2.24, 2.45) is 5.92 Å². The summed E-state index contributed by atoms with van der Waals surface area (Å²) >= 11 is 0. The first-order chi connectivity index (χ1) is 11.4. The highest BCUT2D eigenvalue weighted by Gasteiger charge is 2.21. The van der Waals surface area contributed by atoms with Gasteiger partial charge in [0, 0.05) is 0 Å². The van der Waals surface area contributed by atoms with Crippen LogP contribution in [0.15, 0.2) is 30.9 Å². The molecule has 0 bridgehead atoms. The highest BCUT2D eigenvalue weighted by molar-refractivity contribution is 5.84. The van der Waals surface area contributed by atoms with Crippen molar-refractivity contribution in [3.05, 3.63) is 36.4 Å². The molecule has 1 atom stereocenters. The van der Waals surface area contributed by atoms with Crippen molar-refractivity contribution in [1.82, 2.24) is 5.32 Å². The summed E-state index contributed by atoms with van der Waals surface area (Å²) in [4.78, 5) is 23.1. The lowest BCUT2D eigenvalue weighted by atomic mass is 10.0. The third kappa shape index (κ3) is 6.32. The molecule has 0 saturated heterocycles. The van der Waals surface area contributed by atoms with E-state index in [0.717, 1.165) is 5.56 Å². The number of benzene rings is 1. The molecule has 0 saturated carbocycles. The number of aliphatic carboxylic acids is 1. The first-order valence-corrected chi connectivity index (χ1v) is 7.80. The predicted molar refractivity (Wildman–Crippen MR) is 91.4 cm³/mol. The predicted octanol–water partition coefficient (Wildman–Crippen LogP) is 2.42. The van der Waals surface area contributed by atoms with Gasteiger partial charge in [-0.2, -0.15) is 0 Å². The van der Waals surface area contributed by atoms with Crippen LogP contribution in [-0.4, -0.2) is 36.7 Å². The lowest BCUT2D eigenvalue weighted by Crippen LogP contribution is -2.43. The highest BCUT2D eigenvalue weighted by Crippen LogP contribution is 2.28. The molecular formula is C18H25NO5. The minimum Gasteiger partial charge on any atom is -0.493 e. The van der Waals surface area contributed by atoms with E-state index in [1.54, 1.807) is 12.1 Å². The zero-order valence-electron chi connectivity index (χ0n) is 14.4. The van der Waals surface area contributed by atoms with Gasteiger partial charge in [0.2, 0.25) is 0 Å². The number of allylic oxidation sites excluding steroid dienone is 1. The first kappa shape index (κ1) is 19.5. The van der Waals surface area contributed by atoms with Gasteiger partial charge in [0.1, 0.15) is 6.04 Å². The molecule has 24 heavy (non-hydrogen) atoms. The Bertz CT molecular complexity index is 583. The number of nitrogens with one attached hydrogen (secondary N) is 1. The summed E-state index contributed by atoms with van der Waals surface area (Å²) in [5, 5.41) is 11.6. The van der Waals surface area contributed by atoms with Crippen molar-refractivity contribution >= 4 is 11.9 Å². The Hall–Kier alpha value is -2.50. The van der Waals surface area contributed by atoms with E-state index in [1.165, 1.54) is 7.11 Å². The van der Waals surface area contributed by atoms with Crippen LogP contribution in [0.3, 0.4) is 0 Å². The summed E-state index contributed by atoms with van der Waals surface area (Å²) in [5.74, 6) is -0.441. The van der Waals surface area contributed by atoms with Crippen molar-refractivity contribution in [3.8, 4) is 11.5 Å². The number of carboxylic acids is 1. The van der Waals surface area contributed by atoms with Crippen LogP contribution in [0.2, 0.25) is 0 Å². The summed E-state index contributed by atoms with van der Waals surface area (Å²) in [6, 6.07) is 4.47. The molecule has 1 aromatic carbocycles. The Balaban J connectivity index is 2.66. The molecule has 132 valence electrons. The van der Waals surface area contributed by atoms with Crippen molar-refractivity contribution < 1.29 is 24.2 Å². The number of carboxylic acid groups (broad SMARTS) is 1. The molecule has 0 aliphatic carbocycles. The van der Waals surface area contributed by atoms with Crippen LogP contribution in [0, 0.1) is 5.92 Å². The molecule has 1 aromatic rings. The maximum atomic E-state index is 11.9. The van der Waals surface area contributed by atoms with Crippen LogP contribution in [0.25, 0.3) is 0 Å². The van der Waals surface area contributed by atoms with Gasteiger partial charge in [0.15, 0.2) is 18.1 Å². The molecule has 0 heterocycles. The fourth-order valence-electron chi connectivity index (χ4n) is 2.20. The summed E-state index contributed by atoms with van der Waals surface area (Å²) in [5.41, 5.74) is 1.02. The zero-order chi connectivity index (χ0) is 18.1. The van der Waals surface area contributed by atoms with E-state index in [1.807, 2.05) is 26.0 Å². The molecule has 0 radical (unpaired) electrons. The summed E-state index contributed by atoms with van der Waals surface area (Å²) in [7, 11) is 1.52. The number of rotatable bonds is 10. The Morgan fingerprint density at radius 3 is 2.58 bits per heavy atom. The molecule has 6 heteroatoms. The molecule has 0 aliphatic heterocycles. The molecule has 0 spiro atoms.